The maximum Gasteiger partial charge on any atom is 0.361 e. The molecule has 2 unspecified atom stereocenters. The van der Waals surface area contributed by atoms with Crippen LogP contribution < -0.4 is 0 Å². The fraction of sp³-hybridized carbons (Fsp3) is 0.831. The third-order valence-corrected chi connectivity index (χ3v) is 13.8. The molecule has 2 atom stereocenters. The smallest absolute Gasteiger partial charge is 0.361 e. The summed E-state index contributed by atoms with van der Waals surface area (Å²) in [5.41, 5.74) is 0. The molecule has 0 bridgehead atoms. The highest BCUT2D eigenvalue weighted by Crippen LogP contribution is 2.17. The van der Waals surface area contributed by atoms with Crippen LogP contribution >= 0.6 is 0 Å². The number of likely N-dealkylation sites (N-methyl/N-ethyl adjacent to an activating group) is 1. The van der Waals surface area contributed by atoms with Crippen LogP contribution in [0, 0.1) is 0 Å². The Morgan fingerprint density at radius 3 is 1.08 bits per heavy atom. The number of quaternary nitrogens is 1. The third-order valence-electron chi connectivity index (χ3n) is 13.8. The zero-order valence-corrected chi connectivity index (χ0v) is 49.3. The van der Waals surface area contributed by atoms with Crippen LogP contribution in [-0.2, 0) is 33.3 Å². The van der Waals surface area contributed by atoms with Gasteiger partial charge in [0.05, 0.1) is 34.4 Å². The maximum absolute atomic E-state index is 12.9. The van der Waals surface area contributed by atoms with Crippen molar-refractivity contribution < 1.29 is 42.9 Å². The van der Waals surface area contributed by atoms with Crippen LogP contribution in [0.4, 0.5) is 0 Å². The molecule has 0 spiro atoms. The molecule has 0 aliphatic carbocycles. The minimum atomic E-state index is -1.51. The molecule has 9 nitrogen and oxygen atoms in total. The Morgan fingerprint density at radius 2 is 0.730 bits per heavy atom. The van der Waals surface area contributed by atoms with Crippen LogP contribution in [-0.4, -0.2) is 87.4 Å². The molecule has 0 saturated heterocycles. The van der Waals surface area contributed by atoms with Gasteiger partial charge in [-0.1, -0.05) is 249 Å². The van der Waals surface area contributed by atoms with E-state index in [2.05, 4.69) is 62.5 Å². The predicted octanol–water partition coefficient (Wildman–Crippen LogP) is 18.6. The van der Waals surface area contributed by atoms with Gasteiger partial charge in [-0.2, -0.15) is 0 Å². The van der Waals surface area contributed by atoms with Crippen molar-refractivity contribution in [3.8, 4) is 0 Å². The number of allylic oxidation sites excluding steroid dienone is 8. The summed E-state index contributed by atoms with van der Waals surface area (Å²) in [6.07, 6.45) is 67.7. The molecule has 0 radical (unpaired) electrons. The van der Waals surface area contributed by atoms with Crippen LogP contribution in [0.15, 0.2) is 48.6 Å². The number of unbranched alkanes of at least 4 members (excludes halogenated alkanes) is 35. The van der Waals surface area contributed by atoms with Crippen LogP contribution in [0.25, 0.3) is 0 Å². The van der Waals surface area contributed by atoms with Gasteiger partial charge >= 0.3 is 17.9 Å². The summed E-state index contributed by atoms with van der Waals surface area (Å²) in [5.74, 6) is -2.00. The molecule has 1 N–H and O–H groups in total. The summed E-state index contributed by atoms with van der Waals surface area (Å²) in [6, 6.07) is 0. The highest BCUT2D eigenvalue weighted by atomic mass is 16.7. The van der Waals surface area contributed by atoms with Crippen LogP contribution in [0.5, 0.6) is 0 Å². The lowest BCUT2D eigenvalue weighted by atomic mass is 10.0. The molecule has 74 heavy (non-hydrogen) atoms. The summed E-state index contributed by atoms with van der Waals surface area (Å²) < 4.78 is 22.9. The number of rotatable bonds is 58. The number of hydrogen-bond acceptors (Lipinski definition) is 7. The molecule has 0 aromatic carbocycles. The summed E-state index contributed by atoms with van der Waals surface area (Å²) >= 11 is 0. The minimum Gasteiger partial charge on any atom is -0.477 e. The average molecular weight is 1040 g/mol. The van der Waals surface area contributed by atoms with Gasteiger partial charge in [-0.25, -0.2) is 4.79 Å². The van der Waals surface area contributed by atoms with Gasteiger partial charge in [-0.05, 0) is 77.0 Å². The summed E-state index contributed by atoms with van der Waals surface area (Å²) in [5, 5.41) is 9.71. The predicted molar refractivity (Wildman–Crippen MR) is 314 cm³/mol. The van der Waals surface area contributed by atoms with Crippen molar-refractivity contribution in [2.75, 3.05) is 47.5 Å². The van der Waals surface area contributed by atoms with Gasteiger partial charge in [-0.15, -0.1) is 0 Å². The number of ether oxygens (including phenoxy) is 4. The monoisotopic (exact) mass is 1040 g/mol. The number of aliphatic carboxylic acids is 1. The lowest BCUT2D eigenvalue weighted by Gasteiger charge is -2.25. The number of esters is 2. The minimum absolute atomic E-state index is 0.184. The highest BCUT2D eigenvalue weighted by Gasteiger charge is 2.25. The molecule has 9 heteroatoms. The van der Waals surface area contributed by atoms with E-state index in [1.165, 1.54) is 199 Å². The van der Waals surface area contributed by atoms with Crippen LogP contribution in [0.3, 0.4) is 0 Å². The van der Waals surface area contributed by atoms with Crippen molar-refractivity contribution in [3.63, 3.8) is 0 Å². The van der Waals surface area contributed by atoms with E-state index in [1.54, 1.807) is 0 Å². The van der Waals surface area contributed by atoms with Crippen molar-refractivity contribution in [1.82, 2.24) is 0 Å². The van der Waals surface area contributed by atoms with Crippen LogP contribution in [0.1, 0.15) is 290 Å². The van der Waals surface area contributed by atoms with Gasteiger partial charge in [-0.3, -0.25) is 9.59 Å². The summed E-state index contributed by atoms with van der Waals surface area (Å²) in [7, 11) is 5.97. The molecule has 0 aromatic heterocycles. The Hall–Kier alpha value is -2.75. The SMILES string of the molecule is CCCCCC/C=C\C/C=C\CCCCCCCCCC(=O)OCC(COC(OCC[N+](C)(C)C)C(=O)O)OC(=O)CCCCCCCCCCCCCCCCCCCCC/C=C\C/C=C\CCCCCCC. The molecule has 432 valence electrons. The largest absolute Gasteiger partial charge is 0.477 e. The second-order valence-electron chi connectivity index (χ2n) is 22.4. The molecule has 0 amide bonds. The summed E-state index contributed by atoms with van der Waals surface area (Å²) in [6.45, 7) is 4.88. The standard InChI is InChI=1S/C65H119NO8/c1-6-8-10-12-14-16-18-20-22-24-26-27-28-29-30-31-32-33-34-35-36-37-38-40-42-44-46-48-50-52-54-56-63(68)74-61(60-73-65(64(69)70)71-58-57-66(3,4)5)59-72-62(67)55-53-51-49-47-45-43-41-39-25-23-21-19-17-15-13-11-9-7-2/h17-20,23-26,61,65H,6-16,21-22,27-60H2,1-5H3/p+1/b19-17-,20-18-,25-23-,26-24-. The van der Waals surface area contributed by atoms with Gasteiger partial charge < -0.3 is 28.5 Å². The van der Waals surface area contributed by atoms with E-state index >= 15 is 0 Å². The van der Waals surface area contributed by atoms with E-state index < -0.39 is 24.3 Å². The Kier molecular flexibility index (Phi) is 54.4. The first-order chi connectivity index (χ1) is 36.1. The van der Waals surface area contributed by atoms with E-state index in [0.717, 1.165) is 64.2 Å². The lowest BCUT2D eigenvalue weighted by molar-refractivity contribution is -0.870. The molecule has 0 aliphatic heterocycles. The zero-order valence-electron chi connectivity index (χ0n) is 49.3. The second kappa shape index (κ2) is 56.5. The quantitative estimate of drug-likeness (QED) is 0.0211. The van der Waals surface area contributed by atoms with Gasteiger partial charge in [0, 0.05) is 12.8 Å². The van der Waals surface area contributed by atoms with E-state index in [1.807, 2.05) is 21.1 Å². The Morgan fingerprint density at radius 1 is 0.405 bits per heavy atom. The maximum atomic E-state index is 12.9. The van der Waals surface area contributed by atoms with E-state index in [-0.39, 0.29) is 32.2 Å². The number of nitrogens with zero attached hydrogens (tertiary/aromatic N) is 1. The molecular formula is C65H120NO8+. The topological polar surface area (TPSA) is 108 Å². The Labute approximate surface area is 457 Å². The van der Waals surface area contributed by atoms with Crippen LogP contribution in [0.2, 0.25) is 0 Å². The first kappa shape index (κ1) is 71.2. The van der Waals surface area contributed by atoms with Crippen molar-refractivity contribution in [1.29, 1.82) is 0 Å². The molecular weight excluding hydrogens is 923 g/mol. The second-order valence-corrected chi connectivity index (χ2v) is 22.4. The van der Waals surface area contributed by atoms with Gasteiger partial charge in [0.25, 0.3) is 6.29 Å². The van der Waals surface area contributed by atoms with Crippen molar-refractivity contribution in [3.05, 3.63) is 48.6 Å². The number of carbonyl (C=O) groups is 3. The van der Waals surface area contributed by atoms with Gasteiger partial charge in [0.2, 0.25) is 0 Å². The number of carboxylic acid groups (broad SMARTS) is 1. The fourth-order valence-electron chi connectivity index (χ4n) is 8.96. The highest BCUT2D eigenvalue weighted by molar-refractivity contribution is 5.71. The number of carboxylic acids is 1. The third kappa shape index (κ3) is 57.0. The molecule has 0 aliphatic rings. The molecule has 0 saturated carbocycles. The van der Waals surface area contributed by atoms with E-state index in [4.69, 9.17) is 18.9 Å². The van der Waals surface area contributed by atoms with Gasteiger partial charge in [0.1, 0.15) is 13.2 Å². The van der Waals surface area contributed by atoms with E-state index in [0.29, 0.717) is 17.4 Å². The normalized spacial score (nSPS) is 13.0. The molecule has 0 fully saturated rings. The molecule has 0 aromatic rings. The number of hydrogen-bond donors (Lipinski definition) is 1. The van der Waals surface area contributed by atoms with E-state index in [9.17, 15) is 19.5 Å². The Balaban J connectivity index is 4.12. The number of carbonyl (C=O) groups excluding carboxylic acids is 2. The average Bonchev–Trinajstić information content (AvgIpc) is 3.37. The van der Waals surface area contributed by atoms with Gasteiger partial charge in [0.15, 0.2) is 6.10 Å². The first-order valence-electron chi connectivity index (χ1n) is 31.3. The fourth-order valence-corrected chi connectivity index (χ4v) is 8.96. The van der Waals surface area contributed by atoms with Crippen molar-refractivity contribution in [2.24, 2.45) is 0 Å². The lowest BCUT2D eigenvalue weighted by Crippen LogP contribution is -2.40. The van der Waals surface area contributed by atoms with Crippen molar-refractivity contribution in [2.45, 2.75) is 302 Å². The molecule has 0 rings (SSSR count). The molecule has 0 heterocycles. The summed E-state index contributed by atoms with van der Waals surface area (Å²) in [4.78, 5) is 37.5. The zero-order chi connectivity index (χ0) is 54.1. The van der Waals surface area contributed by atoms with Crippen molar-refractivity contribution >= 4 is 17.9 Å². The first-order valence-corrected chi connectivity index (χ1v) is 31.3. The Bertz CT molecular complexity index is 1350.